The highest BCUT2D eigenvalue weighted by atomic mass is 16.4. The molecule has 0 aromatic carbocycles. The second-order valence-electron chi connectivity index (χ2n) is 8.18. The Hall–Kier alpha value is -1.32. The number of carboxylic acid groups (broad SMARTS) is 1. The van der Waals surface area contributed by atoms with Crippen molar-refractivity contribution in [2.24, 2.45) is 29.6 Å². The highest BCUT2D eigenvalue weighted by Crippen LogP contribution is 2.55. The van der Waals surface area contributed by atoms with E-state index in [0.29, 0.717) is 12.8 Å². The van der Waals surface area contributed by atoms with Crippen LogP contribution in [0.5, 0.6) is 0 Å². The Morgan fingerprint density at radius 2 is 1.41 bits per heavy atom. The maximum atomic E-state index is 12.8. The summed E-state index contributed by atoms with van der Waals surface area (Å²) in [6, 6.07) is 0. The van der Waals surface area contributed by atoms with E-state index < -0.39 is 17.8 Å². The predicted molar refractivity (Wildman–Crippen MR) is 82.0 cm³/mol. The normalized spacial score (nSPS) is 45.7. The number of hydrogen-bond acceptors (Lipinski definition) is 2. The van der Waals surface area contributed by atoms with Crippen LogP contribution in [0.15, 0.2) is 12.2 Å². The zero-order valence-electron chi connectivity index (χ0n) is 13.0. The first-order valence-corrected chi connectivity index (χ1v) is 8.74. The molecule has 4 saturated carbocycles. The Balaban J connectivity index is 1.49. The zero-order valence-corrected chi connectivity index (χ0v) is 13.0. The van der Waals surface area contributed by atoms with Gasteiger partial charge in [-0.15, -0.1) is 0 Å². The van der Waals surface area contributed by atoms with Gasteiger partial charge in [0, 0.05) is 5.54 Å². The number of carbonyl (C=O) groups excluding carboxylic acids is 1. The van der Waals surface area contributed by atoms with Crippen molar-refractivity contribution in [3.63, 3.8) is 0 Å². The fourth-order valence-corrected chi connectivity index (χ4v) is 5.99. The fraction of sp³-hybridized carbons (Fsp3) is 0.778. The lowest BCUT2D eigenvalue weighted by Gasteiger charge is -2.57. The van der Waals surface area contributed by atoms with Crippen molar-refractivity contribution in [3.8, 4) is 0 Å². The van der Waals surface area contributed by atoms with E-state index in [0.717, 1.165) is 37.0 Å². The molecule has 4 nitrogen and oxygen atoms in total. The van der Waals surface area contributed by atoms with Crippen molar-refractivity contribution in [1.82, 2.24) is 5.32 Å². The van der Waals surface area contributed by atoms with Gasteiger partial charge in [-0.25, -0.2) is 0 Å². The molecule has 1 amide bonds. The van der Waals surface area contributed by atoms with Gasteiger partial charge in [-0.1, -0.05) is 12.2 Å². The van der Waals surface area contributed by atoms with Gasteiger partial charge < -0.3 is 10.4 Å². The summed E-state index contributed by atoms with van der Waals surface area (Å²) in [6.45, 7) is 0. The summed E-state index contributed by atoms with van der Waals surface area (Å²) < 4.78 is 0. The van der Waals surface area contributed by atoms with Crippen LogP contribution in [0.2, 0.25) is 0 Å². The van der Waals surface area contributed by atoms with E-state index >= 15 is 0 Å². The van der Waals surface area contributed by atoms with Crippen LogP contribution in [0, 0.1) is 29.6 Å². The topological polar surface area (TPSA) is 66.4 Å². The van der Waals surface area contributed by atoms with Gasteiger partial charge in [0.25, 0.3) is 0 Å². The Kier molecular flexibility index (Phi) is 3.31. The average molecular weight is 303 g/mol. The third-order valence-electron chi connectivity index (χ3n) is 6.51. The van der Waals surface area contributed by atoms with E-state index in [-0.39, 0.29) is 11.4 Å². The predicted octanol–water partition coefficient (Wildman–Crippen LogP) is 2.74. The standard InChI is InChI=1S/C18H25NO3/c20-16(14-3-1-2-4-15(14)17(21)22)19-18-8-11-5-12(9-18)7-13(6-11)10-18/h1-2,11-15H,3-10H2,(H,19,20)(H,21,22)/t11?,12?,13?,14-,15+,18?/m0/s1. The number of hydrogen-bond donors (Lipinski definition) is 2. The molecule has 5 aliphatic carbocycles. The quantitative estimate of drug-likeness (QED) is 0.788. The molecule has 4 bridgehead atoms. The van der Waals surface area contributed by atoms with Crippen LogP contribution in [-0.2, 0) is 9.59 Å². The van der Waals surface area contributed by atoms with Gasteiger partial charge in [-0.2, -0.15) is 0 Å². The van der Waals surface area contributed by atoms with E-state index in [2.05, 4.69) is 5.32 Å². The molecule has 4 heteroatoms. The van der Waals surface area contributed by atoms with Crippen LogP contribution in [0.3, 0.4) is 0 Å². The highest BCUT2D eigenvalue weighted by molar-refractivity contribution is 5.85. The monoisotopic (exact) mass is 303 g/mol. The number of rotatable bonds is 3. The second kappa shape index (κ2) is 5.10. The van der Waals surface area contributed by atoms with Crippen molar-refractivity contribution in [2.45, 2.75) is 56.9 Å². The smallest absolute Gasteiger partial charge is 0.307 e. The maximum Gasteiger partial charge on any atom is 0.307 e. The number of carboxylic acids is 1. The van der Waals surface area contributed by atoms with Gasteiger partial charge in [-0.05, 0) is 69.1 Å². The first-order valence-electron chi connectivity index (χ1n) is 8.74. The van der Waals surface area contributed by atoms with Crippen LogP contribution in [0.4, 0.5) is 0 Å². The third-order valence-corrected chi connectivity index (χ3v) is 6.51. The van der Waals surface area contributed by atoms with Crippen LogP contribution >= 0.6 is 0 Å². The molecule has 5 rings (SSSR count). The molecule has 0 aromatic rings. The van der Waals surface area contributed by atoms with Crippen LogP contribution in [0.25, 0.3) is 0 Å². The molecule has 0 heterocycles. The molecule has 2 N–H and O–H groups in total. The van der Waals surface area contributed by atoms with Crippen molar-refractivity contribution in [1.29, 1.82) is 0 Å². The first kappa shape index (κ1) is 14.3. The number of carbonyl (C=O) groups is 2. The fourth-order valence-electron chi connectivity index (χ4n) is 5.99. The summed E-state index contributed by atoms with van der Waals surface area (Å²) in [7, 11) is 0. The summed E-state index contributed by atoms with van der Waals surface area (Å²) in [5.74, 6) is 0.553. The van der Waals surface area contributed by atoms with Crippen molar-refractivity contribution < 1.29 is 14.7 Å². The van der Waals surface area contributed by atoms with Gasteiger partial charge in [0.2, 0.25) is 5.91 Å². The van der Waals surface area contributed by atoms with Gasteiger partial charge >= 0.3 is 5.97 Å². The first-order chi connectivity index (χ1) is 10.5. The van der Waals surface area contributed by atoms with Crippen LogP contribution < -0.4 is 5.32 Å². The van der Waals surface area contributed by atoms with Crippen molar-refractivity contribution >= 4 is 11.9 Å². The third kappa shape index (κ3) is 2.37. The molecule has 0 unspecified atom stereocenters. The highest BCUT2D eigenvalue weighted by Gasteiger charge is 2.52. The summed E-state index contributed by atoms with van der Waals surface area (Å²) in [5, 5.41) is 12.7. The summed E-state index contributed by atoms with van der Waals surface area (Å²) in [5.41, 5.74) is -0.0178. The van der Waals surface area contributed by atoms with E-state index in [9.17, 15) is 14.7 Å². The Morgan fingerprint density at radius 1 is 0.909 bits per heavy atom. The molecular formula is C18H25NO3. The number of allylic oxidation sites excluding steroid dienone is 2. The van der Waals surface area contributed by atoms with Gasteiger partial charge in [0.15, 0.2) is 0 Å². The molecule has 0 spiro atoms. The Labute approximate surface area is 131 Å². The van der Waals surface area contributed by atoms with E-state index in [1.807, 2.05) is 12.2 Å². The molecular weight excluding hydrogens is 278 g/mol. The average Bonchev–Trinajstić information content (AvgIpc) is 2.45. The molecule has 120 valence electrons. The largest absolute Gasteiger partial charge is 0.481 e. The maximum absolute atomic E-state index is 12.8. The van der Waals surface area contributed by atoms with Gasteiger partial charge in [0.1, 0.15) is 0 Å². The minimum absolute atomic E-state index is 0.0151. The van der Waals surface area contributed by atoms with Gasteiger partial charge in [0.05, 0.1) is 11.8 Å². The van der Waals surface area contributed by atoms with E-state index in [1.54, 1.807) is 0 Å². The summed E-state index contributed by atoms with van der Waals surface area (Å²) in [6.07, 6.45) is 12.3. The molecule has 0 aromatic heterocycles. The van der Waals surface area contributed by atoms with E-state index in [1.165, 1.54) is 19.3 Å². The summed E-state index contributed by atoms with van der Waals surface area (Å²) >= 11 is 0. The molecule has 0 aliphatic heterocycles. The van der Waals surface area contributed by atoms with Crippen molar-refractivity contribution in [2.75, 3.05) is 0 Å². The van der Waals surface area contributed by atoms with Crippen LogP contribution in [-0.4, -0.2) is 22.5 Å². The lowest BCUT2D eigenvalue weighted by atomic mass is 9.53. The van der Waals surface area contributed by atoms with E-state index in [4.69, 9.17) is 0 Å². The SMILES string of the molecule is O=C(NC12CC3CC(CC(C3)C1)C2)[C@H]1CC=CC[C@H]1C(=O)O. The minimum atomic E-state index is -0.838. The Bertz CT molecular complexity index is 489. The molecule has 22 heavy (non-hydrogen) atoms. The Morgan fingerprint density at radius 3 is 1.91 bits per heavy atom. The molecule has 0 radical (unpaired) electrons. The van der Waals surface area contributed by atoms with Gasteiger partial charge in [-0.3, -0.25) is 9.59 Å². The van der Waals surface area contributed by atoms with Crippen LogP contribution in [0.1, 0.15) is 51.4 Å². The number of aliphatic carboxylic acids is 1. The lowest BCUT2D eigenvalue weighted by molar-refractivity contribution is -0.148. The lowest BCUT2D eigenvalue weighted by Crippen LogP contribution is -2.61. The minimum Gasteiger partial charge on any atom is -0.481 e. The molecule has 2 atom stereocenters. The second-order valence-corrected chi connectivity index (χ2v) is 8.18. The molecule has 0 saturated heterocycles. The summed E-state index contributed by atoms with van der Waals surface area (Å²) in [4.78, 5) is 24.2. The zero-order chi connectivity index (χ0) is 15.3. The van der Waals surface area contributed by atoms with Crippen molar-refractivity contribution in [3.05, 3.63) is 12.2 Å². The molecule has 5 aliphatic rings. The molecule has 4 fully saturated rings. The number of amides is 1. The number of nitrogens with one attached hydrogen (secondary N) is 1.